The molecular weight excluding hydrogens is 232 g/mol. The van der Waals surface area contributed by atoms with Gasteiger partial charge in [-0.3, -0.25) is 9.68 Å². The summed E-state index contributed by atoms with van der Waals surface area (Å²) >= 11 is 0. The molecule has 1 aromatic heterocycles. The molecule has 8 heteroatoms. The monoisotopic (exact) mass is 238 g/mol. The maximum absolute atomic E-state index is 10.3. The van der Waals surface area contributed by atoms with E-state index in [0.29, 0.717) is 0 Å². The van der Waals surface area contributed by atoms with E-state index in [0.717, 1.165) is 0 Å². The first-order valence-electron chi connectivity index (χ1n) is 4.08. The zero-order valence-electron chi connectivity index (χ0n) is 8.23. The van der Waals surface area contributed by atoms with E-state index in [1.807, 2.05) is 0 Å². The van der Waals surface area contributed by atoms with E-state index < -0.39 is 12.3 Å². The van der Waals surface area contributed by atoms with Gasteiger partial charge in [0.05, 0.1) is 5.56 Å². The Hall–Kier alpha value is -2.95. The number of carboxylic acid groups (broad SMARTS) is 2. The van der Waals surface area contributed by atoms with Crippen molar-refractivity contribution in [3.05, 3.63) is 23.9 Å². The molecule has 0 aliphatic rings. The maximum Gasteiger partial charge on any atom is 0.533 e. The van der Waals surface area contributed by atoms with Crippen molar-refractivity contribution in [2.45, 2.75) is 0 Å². The van der Waals surface area contributed by atoms with Crippen LogP contribution in [0.5, 0.6) is 0 Å². The summed E-state index contributed by atoms with van der Waals surface area (Å²) in [7, 11) is 0. The summed E-state index contributed by atoms with van der Waals surface area (Å²) in [5.41, 5.74) is 0.106. The number of hydrogen-bond acceptors (Lipinski definition) is 6. The Balaban J connectivity index is 3.07. The number of hydrogen-bond donors (Lipinski definition) is 2. The quantitative estimate of drug-likeness (QED) is 0.594. The normalized spacial score (nSPS) is 8.88. The molecule has 1 aromatic rings. The lowest BCUT2D eigenvalue weighted by molar-refractivity contribution is -0.0466. The third-order valence-corrected chi connectivity index (χ3v) is 1.44. The van der Waals surface area contributed by atoms with Crippen LogP contribution in [0.2, 0.25) is 0 Å². The van der Waals surface area contributed by atoms with Gasteiger partial charge < -0.3 is 10.2 Å². The fourth-order valence-corrected chi connectivity index (χ4v) is 0.902. The van der Waals surface area contributed by atoms with Gasteiger partial charge in [0.1, 0.15) is 0 Å². The van der Waals surface area contributed by atoms with E-state index in [2.05, 4.69) is 20.6 Å². The number of nitrogens with zero attached hydrogens (tertiary/aromatic N) is 2. The fourth-order valence-electron chi connectivity index (χ4n) is 0.902. The van der Waals surface area contributed by atoms with Gasteiger partial charge in [-0.05, 0) is 12.1 Å². The highest BCUT2D eigenvalue weighted by Crippen LogP contribution is 2.17. The first-order chi connectivity index (χ1) is 8.04. The SMILES string of the molecule is C#Cc1cccnc1N(OC(=O)O)OC(=O)O. The second-order valence-electron chi connectivity index (χ2n) is 2.49. The molecule has 0 aliphatic heterocycles. The van der Waals surface area contributed by atoms with Crippen LogP contribution in [0, 0.1) is 12.3 Å². The summed E-state index contributed by atoms with van der Waals surface area (Å²) in [4.78, 5) is 32.5. The minimum absolute atomic E-state index is 0.0971. The van der Waals surface area contributed by atoms with Crippen molar-refractivity contribution in [3.63, 3.8) is 0 Å². The van der Waals surface area contributed by atoms with Crippen LogP contribution in [-0.2, 0) is 9.68 Å². The largest absolute Gasteiger partial charge is 0.533 e. The summed E-state index contributed by atoms with van der Waals surface area (Å²) in [6.45, 7) is 0. The highest BCUT2D eigenvalue weighted by Gasteiger charge is 2.21. The van der Waals surface area contributed by atoms with Gasteiger partial charge in [-0.15, -0.1) is 6.42 Å². The lowest BCUT2D eigenvalue weighted by Crippen LogP contribution is -2.30. The van der Waals surface area contributed by atoms with Crippen molar-refractivity contribution in [3.8, 4) is 12.3 Å². The van der Waals surface area contributed by atoms with Crippen molar-refractivity contribution < 1.29 is 29.5 Å². The highest BCUT2D eigenvalue weighted by molar-refractivity contribution is 5.63. The number of aromatic nitrogens is 1. The lowest BCUT2D eigenvalue weighted by atomic mass is 10.3. The molecule has 0 saturated carbocycles. The molecule has 0 aliphatic carbocycles. The summed E-state index contributed by atoms with van der Waals surface area (Å²) in [6.07, 6.45) is 2.84. The van der Waals surface area contributed by atoms with Crippen LogP contribution < -0.4 is 5.23 Å². The molecule has 17 heavy (non-hydrogen) atoms. The minimum Gasteiger partial charge on any atom is -0.448 e. The first kappa shape index (κ1) is 12.1. The van der Waals surface area contributed by atoms with Gasteiger partial charge >= 0.3 is 12.3 Å². The van der Waals surface area contributed by atoms with Crippen molar-refractivity contribution in [1.29, 1.82) is 0 Å². The van der Waals surface area contributed by atoms with Crippen LogP contribution in [-0.4, -0.2) is 27.5 Å². The summed E-state index contributed by atoms with van der Waals surface area (Å²) in [5.74, 6) is 1.91. The zero-order valence-corrected chi connectivity index (χ0v) is 8.23. The Labute approximate surface area is 94.9 Å². The number of pyridine rings is 1. The van der Waals surface area contributed by atoms with E-state index in [1.165, 1.54) is 18.3 Å². The van der Waals surface area contributed by atoms with Crippen molar-refractivity contribution >= 4 is 18.1 Å². The average molecular weight is 238 g/mol. The molecule has 0 amide bonds. The van der Waals surface area contributed by atoms with Gasteiger partial charge in [0, 0.05) is 11.4 Å². The average Bonchev–Trinajstić information content (AvgIpc) is 2.27. The molecule has 0 fully saturated rings. The Bertz CT molecular complexity index is 465. The van der Waals surface area contributed by atoms with Gasteiger partial charge in [0.2, 0.25) is 5.82 Å². The standard InChI is InChI=1S/C9H6N2O6/c1-2-6-4-3-5-10-7(6)11(16-8(12)13)17-9(14)15/h1,3-5H,(H,12,13)(H,14,15). The molecule has 2 N–H and O–H groups in total. The molecule has 0 radical (unpaired) electrons. The van der Waals surface area contributed by atoms with Crippen LogP contribution in [0.25, 0.3) is 0 Å². The van der Waals surface area contributed by atoms with Gasteiger partial charge in [-0.25, -0.2) is 14.6 Å². The van der Waals surface area contributed by atoms with Crippen LogP contribution in [0.3, 0.4) is 0 Å². The smallest absolute Gasteiger partial charge is 0.448 e. The van der Waals surface area contributed by atoms with Crippen LogP contribution >= 0.6 is 0 Å². The Kier molecular flexibility index (Phi) is 3.72. The Morgan fingerprint density at radius 3 is 2.41 bits per heavy atom. The van der Waals surface area contributed by atoms with Crippen molar-refractivity contribution in [2.75, 3.05) is 5.23 Å². The second-order valence-corrected chi connectivity index (χ2v) is 2.49. The zero-order chi connectivity index (χ0) is 12.8. The summed E-state index contributed by atoms with van der Waals surface area (Å²) < 4.78 is 0. The number of carbonyl (C=O) groups is 2. The molecule has 1 heterocycles. The maximum atomic E-state index is 10.3. The molecule has 1 rings (SSSR count). The number of anilines is 1. The summed E-state index contributed by atoms with van der Waals surface area (Å²) in [6, 6.07) is 2.89. The van der Waals surface area contributed by atoms with Crippen molar-refractivity contribution in [1.82, 2.24) is 4.98 Å². The molecule has 0 unspecified atom stereocenters. The second kappa shape index (κ2) is 5.22. The third-order valence-electron chi connectivity index (χ3n) is 1.44. The Morgan fingerprint density at radius 2 is 1.94 bits per heavy atom. The number of rotatable bonds is 3. The van der Waals surface area contributed by atoms with Gasteiger partial charge in [0.25, 0.3) is 0 Å². The van der Waals surface area contributed by atoms with E-state index in [4.69, 9.17) is 16.6 Å². The summed E-state index contributed by atoms with van der Waals surface area (Å²) in [5, 5.41) is 16.9. The predicted molar refractivity (Wildman–Crippen MR) is 52.9 cm³/mol. The van der Waals surface area contributed by atoms with Gasteiger partial charge in [-0.1, -0.05) is 5.92 Å². The van der Waals surface area contributed by atoms with Crippen LogP contribution in [0.1, 0.15) is 5.56 Å². The predicted octanol–water partition coefficient (Wildman–Crippen LogP) is 1.09. The fraction of sp³-hybridized carbons (Fsp3) is 0. The first-order valence-corrected chi connectivity index (χ1v) is 4.08. The van der Waals surface area contributed by atoms with Gasteiger partial charge in [0.15, 0.2) is 0 Å². The lowest BCUT2D eigenvalue weighted by Gasteiger charge is -2.17. The molecule has 0 spiro atoms. The highest BCUT2D eigenvalue weighted by atomic mass is 17.0. The number of terminal acetylenes is 1. The van der Waals surface area contributed by atoms with Crippen LogP contribution in [0.4, 0.5) is 15.4 Å². The molecule has 0 saturated heterocycles. The van der Waals surface area contributed by atoms with Crippen molar-refractivity contribution in [2.24, 2.45) is 0 Å². The van der Waals surface area contributed by atoms with Crippen LogP contribution in [0.15, 0.2) is 18.3 Å². The molecule has 8 nitrogen and oxygen atoms in total. The molecular formula is C9H6N2O6. The molecule has 0 atom stereocenters. The van der Waals surface area contributed by atoms with E-state index in [9.17, 15) is 9.59 Å². The molecule has 0 bridgehead atoms. The minimum atomic E-state index is -1.78. The van der Waals surface area contributed by atoms with E-state index >= 15 is 0 Å². The molecule has 88 valence electrons. The Morgan fingerprint density at radius 1 is 1.35 bits per heavy atom. The van der Waals surface area contributed by atoms with Gasteiger partial charge in [-0.2, -0.15) is 0 Å². The topological polar surface area (TPSA) is 109 Å². The van der Waals surface area contributed by atoms with E-state index in [1.54, 1.807) is 0 Å². The third kappa shape index (κ3) is 3.28. The van der Waals surface area contributed by atoms with E-state index in [-0.39, 0.29) is 16.6 Å². The molecule has 0 aromatic carbocycles.